The largest absolute Gasteiger partial charge is 0.352 e. The second-order valence-corrected chi connectivity index (χ2v) is 7.64. The van der Waals surface area contributed by atoms with Crippen molar-refractivity contribution in [2.24, 2.45) is 0 Å². The molecule has 0 amide bonds. The maximum Gasteiger partial charge on any atom is 0.159 e. The predicted molar refractivity (Wildman–Crippen MR) is 109 cm³/mol. The second kappa shape index (κ2) is 7.21. The lowest BCUT2D eigenvalue weighted by Crippen LogP contribution is -2.44. The average Bonchev–Trinajstić information content (AvgIpc) is 3.10. The molecule has 0 aliphatic carbocycles. The molecule has 0 bridgehead atoms. The number of aryl methyl sites for hydroxylation is 1. The number of piperazine rings is 1. The maximum atomic E-state index is 4.72. The minimum atomic E-state index is 0.984. The van der Waals surface area contributed by atoms with Crippen molar-refractivity contribution >= 4 is 21.7 Å². The molecule has 3 aromatic rings. The van der Waals surface area contributed by atoms with Gasteiger partial charge in [0, 0.05) is 48.6 Å². The first-order valence-corrected chi connectivity index (χ1v) is 9.61. The van der Waals surface area contributed by atoms with Crippen molar-refractivity contribution in [1.82, 2.24) is 20.1 Å². The normalized spacial score (nSPS) is 15.4. The Morgan fingerprint density at radius 2 is 1.73 bits per heavy atom. The summed E-state index contributed by atoms with van der Waals surface area (Å²) in [5.41, 5.74) is 5.70. The highest BCUT2D eigenvalue weighted by molar-refractivity contribution is 9.10. The summed E-state index contributed by atoms with van der Waals surface area (Å²) in [5, 5.41) is 8.02. The van der Waals surface area contributed by atoms with Gasteiger partial charge in [-0.3, -0.25) is 10.1 Å². The molecule has 3 heterocycles. The van der Waals surface area contributed by atoms with E-state index < -0.39 is 0 Å². The molecule has 0 atom stereocenters. The smallest absolute Gasteiger partial charge is 0.159 e. The molecule has 0 spiro atoms. The van der Waals surface area contributed by atoms with Gasteiger partial charge in [0.2, 0.25) is 0 Å². The van der Waals surface area contributed by atoms with Crippen LogP contribution in [0.25, 0.3) is 22.4 Å². The molecule has 5 nitrogen and oxygen atoms in total. The number of aromatic nitrogens is 3. The third kappa shape index (κ3) is 3.27. The van der Waals surface area contributed by atoms with Gasteiger partial charge >= 0.3 is 0 Å². The summed E-state index contributed by atoms with van der Waals surface area (Å²) in [5.74, 6) is 1.03. The average molecular weight is 412 g/mol. The van der Waals surface area contributed by atoms with Gasteiger partial charge in [0.25, 0.3) is 0 Å². The third-order valence-electron chi connectivity index (χ3n) is 4.97. The fourth-order valence-electron chi connectivity index (χ4n) is 3.38. The van der Waals surface area contributed by atoms with Crippen molar-refractivity contribution in [2.75, 3.05) is 38.1 Å². The van der Waals surface area contributed by atoms with E-state index in [0.29, 0.717) is 0 Å². The van der Waals surface area contributed by atoms with Crippen LogP contribution in [0.2, 0.25) is 0 Å². The van der Waals surface area contributed by atoms with E-state index in [-0.39, 0.29) is 0 Å². The number of pyridine rings is 1. The van der Waals surface area contributed by atoms with Crippen LogP contribution in [0.5, 0.6) is 0 Å². The van der Waals surface area contributed by atoms with E-state index in [1.54, 1.807) is 0 Å². The molecular weight excluding hydrogens is 390 g/mol. The summed E-state index contributed by atoms with van der Waals surface area (Å²) >= 11 is 3.59. The number of halogens is 1. The Morgan fingerprint density at radius 3 is 2.42 bits per heavy atom. The highest BCUT2D eigenvalue weighted by Gasteiger charge is 2.24. The lowest BCUT2D eigenvalue weighted by Gasteiger charge is -2.33. The third-order valence-corrected chi connectivity index (χ3v) is 5.86. The molecule has 0 unspecified atom stereocenters. The van der Waals surface area contributed by atoms with Crippen molar-refractivity contribution in [2.45, 2.75) is 6.92 Å². The highest BCUT2D eigenvalue weighted by Crippen LogP contribution is 2.38. The van der Waals surface area contributed by atoms with E-state index >= 15 is 0 Å². The van der Waals surface area contributed by atoms with Gasteiger partial charge in [-0.25, -0.2) is 0 Å². The minimum absolute atomic E-state index is 0.984. The first kappa shape index (κ1) is 17.2. The van der Waals surface area contributed by atoms with Crippen molar-refractivity contribution < 1.29 is 0 Å². The number of likely N-dealkylation sites (N-methyl/N-ethyl adjacent to an activating group) is 1. The van der Waals surface area contributed by atoms with Crippen LogP contribution in [-0.4, -0.2) is 53.3 Å². The SMILES string of the molecule is Cc1cc(-c2[nH]nc(N3CCN(C)CC3)c2-c2ccncc2)ccc1Br. The van der Waals surface area contributed by atoms with E-state index in [4.69, 9.17) is 5.10 Å². The van der Waals surface area contributed by atoms with Gasteiger partial charge in [-0.1, -0.05) is 22.0 Å². The molecule has 2 aromatic heterocycles. The maximum absolute atomic E-state index is 4.72. The molecule has 0 saturated carbocycles. The Morgan fingerprint density at radius 1 is 1.00 bits per heavy atom. The van der Waals surface area contributed by atoms with Crippen molar-refractivity contribution in [1.29, 1.82) is 0 Å². The monoisotopic (exact) mass is 411 g/mol. The lowest BCUT2D eigenvalue weighted by atomic mass is 10.00. The minimum Gasteiger partial charge on any atom is -0.352 e. The second-order valence-electron chi connectivity index (χ2n) is 6.79. The Kier molecular flexibility index (Phi) is 4.78. The van der Waals surface area contributed by atoms with Gasteiger partial charge in [0.15, 0.2) is 5.82 Å². The number of nitrogens with zero attached hydrogens (tertiary/aromatic N) is 4. The molecule has 134 valence electrons. The molecule has 1 aliphatic rings. The predicted octanol–water partition coefficient (Wildman–Crippen LogP) is 3.96. The molecule has 0 radical (unpaired) electrons. The number of benzene rings is 1. The number of nitrogens with one attached hydrogen (secondary N) is 1. The van der Waals surface area contributed by atoms with E-state index in [0.717, 1.165) is 58.9 Å². The summed E-state index contributed by atoms with van der Waals surface area (Å²) in [6, 6.07) is 10.5. The molecular formula is C20H22BrN5. The summed E-state index contributed by atoms with van der Waals surface area (Å²) in [7, 11) is 2.17. The van der Waals surface area contributed by atoms with Crippen molar-refractivity contribution in [3.05, 3.63) is 52.8 Å². The summed E-state index contributed by atoms with van der Waals surface area (Å²) < 4.78 is 1.12. The van der Waals surface area contributed by atoms with Crippen LogP contribution in [-0.2, 0) is 0 Å². The first-order valence-electron chi connectivity index (χ1n) is 8.82. The molecule has 4 rings (SSSR count). The van der Waals surface area contributed by atoms with E-state index in [1.165, 1.54) is 5.56 Å². The Labute approximate surface area is 162 Å². The fraction of sp³-hybridized carbons (Fsp3) is 0.300. The van der Waals surface area contributed by atoms with Gasteiger partial charge in [-0.05, 0) is 49.4 Å². The highest BCUT2D eigenvalue weighted by atomic mass is 79.9. The number of aromatic amines is 1. The van der Waals surface area contributed by atoms with Crippen LogP contribution < -0.4 is 4.90 Å². The van der Waals surface area contributed by atoms with Gasteiger partial charge in [-0.15, -0.1) is 0 Å². The lowest BCUT2D eigenvalue weighted by molar-refractivity contribution is 0.312. The standard InChI is InChI=1S/C20H22BrN5/c1-14-13-16(3-4-17(14)21)19-18(15-5-7-22-8-6-15)20(24-23-19)26-11-9-25(2)10-12-26/h3-8,13H,9-12H2,1-2H3,(H,23,24). The van der Waals surface area contributed by atoms with E-state index in [2.05, 4.69) is 80.1 Å². The van der Waals surface area contributed by atoms with E-state index in [1.807, 2.05) is 12.4 Å². The van der Waals surface area contributed by atoms with Gasteiger partial charge < -0.3 is 9.80 Å². The van der Waals surface area contributed by atoms with Crippen molar-refractivity contribution in [3.63, 3.8) is 0 Å². The Hall–Kier alpha value is -2.18. The zero-order valence-corrected chi connectivity index (χ0v) is 16.6. The molecule has 1 N–H and O–H groups in total. The molecule has 1 fully saturated rings. The molecule has 1 saturated heterocycles. The zero-order valence-electron chi connectivity index (χ0n) is 15.0. The van der Waals surface area contributed by atoms with E-state index in [9.17, 15) is 0 Å². The molecule has 1 aromatic carbocycles. The van der Waals surface area contributed by atoms with Crippen LogP contribution in [0.3, 0.4) is 0 Å². The number of rotatable bonds is 3. The number of H-pyrrole nitrogens is 1. The van der Waals surface area contributed by atoms with Crippen LogP contribution >= 0.6 is 15.9 Å². The quantitative estimate of drug-likeness (QED) is 0.708. The van der Waals surface area contributed by atoms with Gasteiger partial charge in [0.1, 0.15) is 0 Å². The fourth-order valence-corrected chi connectivity index (χ4v) is 3.63. The summed E-state index contributed by atoms with van der Waals surface area (Å²) in [4.78, 5) is 8.91. The van der Waals surface area contributed by atoms with Crippen LogP contribution in [0.1, 0.15) is 5.56 Å². The number of hydrogen-bond donors (Lipinski definition) is 1. The van der Waals surface area contributed by atoms with Crippen LogP contribution in [0.4, 0.5) is 5.82 Å². The van der Waals surface area contributed by atoms with Crippen LogP contribution in [0, 0.1) is 6.92 Å². The zero-order chi connectivity index (χ0) is 18.1. The number of anilines is 1. The molecule has 1 aliphatic heterocycles. The van der Waals surface area contributed by atoms with Crippen LogP contribution in [0.15, 0.2) is 47.2 Å². The summed E-state index contributed by atoms with van der Waals surface area (Å²) in [6.07, 6.45) is 3.68. The molecule has 26 heavy (non-hydrogen) atoms. The Balaban J connectivity index is 1.83. The van der Waals surface area contributed by atoms with Gasteiger partial charge in [0.05, 0.1) is 11.3 Å². The van der Waals surface area contributed by atoms with Crippen molar-refractivity contribution in [3.8, 4) is 22.4 Å². The molecule has 6 heteroatoms. The number of hydrogen-bond acceptors (Lipinski definition) is 4. The first-order chi connectivity index (χ1) is 12.6. The topological polar surface area (TPSA) is 48.1 Å². The summed E-state index contributed by atoms with van der Waals surface area (Å²) in [6.45, 7) is 6.18. The van der Waals surface area contributed by atoms with Gasteiger partial charge in [-0.2, -0.15) is 5.10 Å². The Bertz CT molecular complexity index is 898.